The highest BCUT2D eigenvalue weighted by molar-refractivity contribution is 9.10. The van der Waals surface area contributed by atoms with Gasteiger partial charge in [0.15, 0.2) is 24.1 Å². The van der Waals surface area contributed by atoms with Crippen LogP contribution in [-0.2, 0) is 141 Å². The highest BCUT2D eigenvalue weighted by Gasteiger charge is 2.44. The van der Waals surface area contributed by atoms with Crippen LogP contribution in [0.1, 0.15) is 51.9 Å². The lowest BCUT2D eigenvalue weighted by Gasteiger charge is -2.41. The maximum atomic E-state index is 14.6. The molecule has 75 heteroatoms. The van der Waals surface area contributed by atoms with E-state index in [0.29, 0.717) is 132 Å². The predicted molar refractivity (Wildman–Crippen MR) is 560 cm³/mol. The number of benzene rings is 1. The van der Waals surface area contributed by atoms with Gasteiger partial charge in [-0.3, -0.25) is 55.6 Å². The van der Waals surface area contributed by atoms with Crippen molar-refractivity contribution in [3.63, 3.8) is 0 Å². The number of nitrogens with one attached hydrogen (secondary N) is 8. The van der Waals surface area contributed by atoms with Crippen LogP contribution in [0.4, 0.5) is 39.0 Å². The molecule has 0 spiro atoms. The number of rotatable bonds is 61. The SMILES string of the molecule is Cn1c(COCOP(=O)(NCCCl)NCCCl)cnc1[N+](=O)[O-].Cn1c(COP(=O)(NCCCl)NCCCl)cnc1[N+](=O)[O-].Cn1c(COP(=O)(NCCCl)NCCCl)nc(Br)c1[N+](=O)[O-].Cn1c(COP2(=O)N(CCBr)CCCN2CCBr)cnc1[N+](=O)[O-].Cn1c(COc2ccc(COP3(=O)N(CCCl)CCCN3CCCl)cc2F)cnc1[N+](=O)[O-].O=[N+]([O-])c1ccc(COP(=O)(NCCBr)NCCBr)s1. The molecule has 0 unspecified atom stereocenters. The molecule has 0 saturated carbocycles. The van der Waals surface area contributed by atoms with Gasteiger partial charge in [0.2, 0.25) is 10.4 Å². The predicted octanol–water partition coefficient (Wildman–Crippen LogP) is 15.7. The molecule has 6 aromatic heterocycles. The fraction of sp³-hybridized carbons (Fsp3) is 0.632. The lowest BCUT2D eigenvalue weighted by Crippen LogP contribution is -2.41. The van der Waals surface area contributed by atoms with Crippen LogP contribution in [0.2, 0.25) is 0 Å². The third kappa shape index (κ3) is 44.2. The summed E-state index contributed by atoms with van der Waals surface area (Å²) in [4.78, 5) is 80.6. The number of hydrogen-bond acceptors (Lipinski definition) is 32. The van der Waals surface area contributed by atoms with Crippen molar-refractivity contribution in [2.75, 3.05) is 180 Å². The Kier molecular flexibility index (Phi) is 63.7. The molecule has 9 rings (SSSR count). The van der Waals surface area contributed by atoms with E-state index in [0.717, 1.165) is 24.2 Å². The molecule has 8 N–H and O–H groups in total. The lowest BCUT2D eigenvalue weighted by molar-refractivity contribution is -0.396. The Balaban J connectivity index is 0.000000361. The molecular formula is C68H108Br5Cl8FN28O26P6S. The summed E-state index contributed by atoms with van der Waals surface area (Å²) in [6, 6.07) is 7.30. The highest BCUT2D eigenvalue weighted by atomic mass is 79.9. The normalized spacial score (nSPS) is 14.1. The van der Waals surface area contributed by atoms with Crippen LogP contribution in [0, 0.1) is 66.5 Å². The molecule has 7 aromatic rings. The van der Waals surface area contributed by atoms with E-state index in [1.165, 1.54) is 94.0 Å². The molecule has 0 atom stereocenters. The first-order valence-electron chi connectivity index (χ1n) is 41.8. The van der Waals surface area contributed by atoms with Crippen LogP contribution in [0.5, 0.6) is 5.75 Å². The molecule has 2 fully saturated rings. The van der Waals surface area contributed by atoms with Gasteiger partial charge < -0.3 is 69.1 Å². The molecular weight excluding hydrogens is 2540 g/mol. The van der Waals surface area contributed by atoms with Gasteiger partial charge in [-0.15, -0.1) is 92.8 Å². The van der Waals surface area contributed by atoms with Crippen molar-refractivity contribution in [2.24, 2.45) is 35.2 Å². The average Bonchev–Trinajstić information content (AvgIpc) is 1.15. The summed E-state index contributed by atoms with van der Waals surface area (Å²) in [6.07, 6.45) is 7.06. The largest absolute Gasteiger partial charge is 0.483 e. The number of imidazole rings is 5. The number of ether oxygens (including phenoxy) is 2. The zero-order valence-corrected chi connectivity index (χ0v) is 97.2. The van der Waals surface area contributed by atoms with Crippen LogP contribution in [0.25, 0.3) is 0 Å². The molecule has 143 heavy (non-hydrogen) atoms. The third-order valence-corrected chi connectivity index (χ3v) is 35.6. The van der Waals surface area contributed by atoms with Crippen LogP contribution in [0.15, 0.2) is 59.7 Å². The van der Waals surface area contributed by atoms with Gasteiger partial charge in [0, 0.05) is 184 Å². The van der Waals surface area contributed by atoms with E-state index < -0.39 is 81.4 Å². The van der Waals surface area contributed by atoms with Crippen molar-refractivity contribution in [1.29, 1.82) is 0 Å². The second kappa shape index (κ2) is 69.2. The van der Waals surface area contributed by atoms with Crippen molar-refractivity contribution in [1.82, 2.24) is 107 Å². The van der Waals surface area contributed by atoms with Crippen LogP contribution in [-0.4, -0.2) is 276 Å². The number of halogens is 14. The maximum absolute atomic E-state index is 14.6. The molecule has 0 radical (unpaired) electrons. The van der Waals surface area contributed by atoms with Crippen molar-refractivity contribution < 1.29 is 97.9 Å². The van der Waals surface area contributed by atoms with Gasteiger partial charge in [-0.2, -0.15) is 4.98 Å². The quantitative estimate of drug-likeness (QED) is 0.00438. The second-order valence-corrected chi connectivity index (χ2v) is 49.0. The first-order chi connectivity index (χ1) is 67.9. The molecule has 2 aliphatic heterocycles. The van der Waals surface area contributed by atoms with Gasteiger partial charge >= 0.3 is 80.6 Å². The summed E-state index contributed by atoms with van der Waals surface area (Å²) < 4.78 is 149. The van der Waals surface area contributed by atoms with Gasteiger partial charge in [0.05, 0.1) is 53.4 Å². The second-order valence-electron chi connectivity index (χ2n) is 28.2. The molecule has 810 valence electrons. The van der Waals surface area contributed by atoms with E-state index in [1.54, 1.807) is 28.5 Å². The summed E-state index contributed by atoms with van der Waals surface area (Å²) in [6.45, 7) is 6.56. The number of nitrogens with zero attached hydrogens (tertiary/aromatic N) is 20. The number of thiophene rings is 1. The van der Waals surface area contributed by atoms with Gasteiger partial charge in [-0.05, 0) is 77.2 Å². The standard InChI is InChI=1S/C19H25Cl2FN5O5P.C12H20Br2N5O4P.C10H18Cl2N5O5P.C9H14Br2N3O4PS.C9H15BrCl2N5O4P.C9H16Cl2N5O4P/c1-24-16(12-23-19(24)27(28)29)14-31-18-4-3-15(11-17(18)22)13-32-33(30)25(9-5-20)7-2-8-26(33)10-6-21;1-16-11(9-15-12(16)19(20)21)10-23-24(22)17(7-3-13)5-2-6-18(24)8-4-14;1-16-9(6-13-10(16)17(18)19)7-21-8-22-23(20,14-4-2-11)15-5-3-12;10-3-5-12-19(17,13-6-4-11)18-7-8-1-2-9(20-8)14(15)16;1-16-7(15-8(10)9(16)17(18)19)6-21-22(20,13-4-2-11)14-5-3-12;1-15-8(6-12-9(15)16(17)18)7-20-21(19,13-4-2-10)14-5-3-11/h3-4,11-12H,2,5-10,13-14H2,1H3;9H,2-8,10H2,1H3;6H,2-5,7-8H2,1H3,(H2,14,15,20);1-2H,3-7H2,(H2,12,13,17);2-6H2,1H3,(H2,13,14,20);6H,2-5,7H2,1H3,(H2,13,14,19). The number of alkyl halides is 12. The molecule has 0 amide bonds. The summed E-state index contributed by atoms with van der Waals surface area (Å²) in [5, 5.41) is 88.9. The molecule has 0 bridgehead atoms. The minimum atomic E-state index is -3.37. The Hall–Kier alpha value is -3.56. The van der Waals surface area contributed by atoms with Gasteiger partial charge in [0.1, 0.15) is 74.9 Å². The van der Waals surface area contributed by atoms with Crippen molar-refractivity contribution in [3.05, 3.63) is 165 Å². The van der Waals surface area contributed by atoms with Crippen molar-refractivity contribution >= 4 is 264 Å². The minimum absolute atomic E-state index is 0.00614. The van der Waals surface area contributed by atoms with E-state index in [1.807, 2.05) is 9.34 Å². The number of aromatic nitrogens is 10. The van der Waals surface area contributed by atoms with E-state index in [-0.39, 0.29) is 178 Å². The summed E-state index contributed by atoms with van der Waals surface area (Å²) >= 11 is 62.3. The topological polar surface area (TPSA) is 633 Å². The van der Waals surface area contributed by atoms with E-state index in [2.05, 4.69) is 145 Å². The third-order valence-electron chi connectivity index (χ3n) is 18.7. The van der Waals surface area contributed by atoms with Gasteiger partial charge in [0.25, 0.3) is 0 Å². The summed E-state index contributed by atoms with van der Waals surface area (Å²) in [5.41, 5.74) is 2.32. The molecule has 2 aliphatic rings. The molecule has 54 nitrogen and oxygen atoms in total. The maximum Gasteiger partial charge on any atom is 0.434 e. The summed E-state index contributed by atoms with van der Waals surface area (Å²) in [5.74, 6) is 0.324. The van der Waals surface area contributed by atoms with Crippen LogP contribution < -0.4 is 45.4 Å². The fourth-order valence-electron chi connectivity index (χ4n) is 11.8. The number of hydrogen-bond donors (Lipinski definition) is 8. The Labute approximate surface area is 906 Å². The van der Waals surface area contributed by atoms with Gasteiger partial charge in [-0.25, -0.2) is 86.6 Å². The lowest BCUT2D eigenvalue weighted by atomic mass is 10.2. The minimum Gasteiger partial charge on any atom is -0.483 e. The Morgan fingerprint density at radius 1 is 0.427 bits per heavy atom. The molecule has 1 aromatic carbocycles. The van der Waals surface area contributed by atoms with Crippen molar-refractivity contribution in [3.8, 4) is 5.75 Å². The zero-order valence-electron chi connectivity index (χ0n) is 77.0. The Bertz CT molecular complexity index is 5350. The zero-order chi connectivity index (χ0) is 107. The smallest absolute Gasteiger partial charge is 0.434 e. The van der Waals surface area contributed by atoms with E-state index in [9.17, 15) is 92.5 Å². The Morgan fingerprint density at radius 2 is 0.783 bits per heavy atom. The molecule has 0 aliphatic carbocycles. The van der Waals surface area contributed by atoms with Crippen LogP contribution >= 0.6 is 230 Å². The van der Waals surface area contributed by atoms with E-state index in [4.69, 9.17) is 129 Å². The van der Waals surface area contributed by atoms with E-state index >= 15 is 0 Å². The summed E-state index contributed by atoms with van der Waals surface area (Å²) in [7, 11) is -12.2. The van der Waals surface area contributed by atoms with Crippen molar-refractivity contribution in [2.45, 2.75) is 59.1 Å². The Morgan fingerprint density at radius 3 is 1.13 bits per heavy atom. The monoisotopic (exact) mass is 2640 g/mol. The first-order valence-corrected chi connectivity index (χ1v) is 61.8. The van der Waals surface area contributed by atoms with Crippen LogP contribution in [0.3, 0.4) is 0 Å². The fourth-order valence-corrected chi connectivity index (χ4v) is 28.2. The average molecular weight is 2650 g/mol. The highest BCUT2D eigenvalue weighted by Crippen LogP contribution is 2.58. The van der Waals surface area contributed by atoms with Gasteiger partial charge in [-0.1, -0.05) is 101 Å². The number of nitro groups is 6. The molecule has 2 saturated heterocycles. The first kappa shape index (κ1) is 132. The molecule has 8 heterocycles.